The van der Waals surface area contributed by atoms with Crippen molar-refractivity contribution in [2.75, 3.05) is 6.61 Å². The fourth-order valence-electron chi connectivity index (χ4n) is 4.38. The van der Waals surface area contributed by atoms with Crippen molar-refractivity contribution >= 4 is 11.0 Å². The molecule has 4 aromatic rings. The fraction of sp³-hybridized carbons (Fsp3) is 0.300. The molecule has 0 bridgehead atoms. The van der Waals surface area contributed by atoms with Gasteiger partial charge in [-0.15, -0.1) is 0 Å². The average molecular weight is 521 g/mol. The second kappa shape index (κ2) is 11.1. The molecule has 38 heavy (non-hydrogen) atoms. The molecule has 0 spiro atoms. The second-order valence-electron chi connectivity index (χ2n) is 9.89. The number of aliphatic hydroxyl groups excluding tert-OH is 1. The molecule has 1 heterocycles. The lowest BCUT2D eigenvalue weighted by molar-refractivity contribution is 0.105. The van der Waals surface area contributed by atoms with E-state index in [0.29, 0.717) is 29.5 Å². The maximum Gasteiger partial charge on any atom is 0.238 e. The van der Waals surface area contributed by atoms with Crippen molar-refractivity contribution in [2.24, 2.45) is 5.92 Å². The summed E-state index contributed by atoms with van der Waals surface area (Å²) in [5, 5.41) is 51.9. The third-order valence-corrected chi connectivity index (χ3v) is 6.29. The van der Waals surface area contributed by atoms with Crippen molar-refractivity contribution in [2.45, 2.75) is 46.1 Å². The molecule has 1 aromatic heterocycles. The largest absolute Gasteiger partial charge is 0.508 e. The molecule has 0 fully saturated rings. The lowest BCUT2D eigenvalue weighted by Crippen LogP contribution is -2.17. The minimum absolute atomic E-state index is 0.00296. The monoisotopic (exact) mass is 520 g/mol. The summed E-state index contributed by atoms with van der Waals surface area (Å²) in [4.78, 5) is 13.3. The van der Waals surface area contributed by atoms with Crippen molar-refractivity contribution < 1.29 is 34.7 Å². The Balaban J connectivity index is 1.88. The van der Waals surface area contributed by atoms with Gasteiger partial charge in [-0.2, -0.15) is 0 Å². The number of fused-ring (bicyclic) bond motifs is 1. The number of aromatic hydroxyl groups is 4. The number of benzene rings is 3. The zero-order valence-corrected chi connectivity index (χ0v) is 21.6. The minimum atomic E-state index is -0.770. The molecular weight excluding hydrogens is 488 g/mol. The molecule has 0 aliphatic carbocycles. The lowest BCUT2D eigenvalue weighted by Gasteiger charge is -2.16. The van der Waals surface area contributed by atoms with E-state index in [9.17, 15) is 30.3 Å². The van der Waals surface area contributed by atoms with Crippen LogP contribution < -0.4 is 10.2 Å². The zero-order valence-electron chi connectivity index (χ0n) is 21.6. The van der Waals surface area contributed by atoms with E-state index in [1.807, 2.05) is 19.9 Å². The molecule has 3 aromatic carbocycles. The Bertz CT molecular complexity index is 1520. The van der Waals surface area contributed by atoms with E-state index in [0.717, 1.165) is 5.56 Å². The van der Waals surface area contributed by atoms with Crippen LogP contribution in [0.15, 0.2) is 57.7 Å². The Kier molecular flexibility index (Phi) is 7.83. The predicted molar refractivity (Wildman–Crippen MR) is 144 cm³/mol. The summed E-state index contributed by atoms with van der Waals surface area (Å²) >= 11 is 0. The predicted octanol–water partition coefficient (Wildman–Crippen LogP) is 5.22. The van der Waals surface area contributed by atoms with E-state index in [-0.39, 0.29) is 58.7 Å². The van der Waals surface area contributed by atoms with Gasteiger partial charge in [0.15, 0.2) is 5.76 Å². The molecule has 0 saturated carbocycles. The fourth-order valence-corrected chi connectivity index (χ4v) is 4.38. The van der Waals surface area contributed by atoms with Gasteiger partial charge in [0.05, 0.1) is 6.10 Å². The van der Waals surface area contributed by atoms with Crippen LogP contribution in [0.5, 0.6) is 28.7 Å². The number of phenols is 3. The number of rotatable bonds is 9. The van der Waals surface area contributed by atoms with Gasteiger partial charge in [0.2, 0.25) is 11.2 Å². The van der Waals surface area contributed by atoms with Crippen molar-refractivity contribution in [3.05, 3.63) is 75.4 Å². The maximum atomic E-state index is 13.3. The van der Waals surface area contributed by atoms with Crippen LogP contribution in [0.25, 0.3) is 22.3 Å². The Morgan fingerprint density at radius 3 is 2.34 bits per heavy atom. The summed E-state index contributed by atoms with van der Waals surface area (Å²) in [6.45, 7) is 5.69. The van der Waals surface area contributed by atoms with Crippen LogP contribution in [-0.2, 0) is 12.8 Å². The SMILES string of the molecule is CC[C@H](O)COc1cc(O)cc2oc(-c3cc(Cc4cccc(O)c4)c(O)c(CC(C)C)c3)c(O)c(=O)c12. The molecule has 8 heteroatoms. The summed E-state index contributed by atoms with van der Waals surface area (Å²) in [6.07, 6.45) is 0.486. The Morgan fingerprint density at radius 2 is 1.66 bits per heavy atom. The van der Waals surface area contributed by atoms with Crippen LogP contribution in [0.2, 0.25) is 0 Å². The normalized spacial score (nSPS) is 12.2. The standard InChI is InChI=1S/C30H32O8/c1-4-21(31)15-37-24-13-23(33)14-25-26(24)28(35)29(36)30(38-25)20-11-18(8-16(2)3)27(34)19(12-20)9-17-6-5-7-22(32)10-17/h5-7,10-14,16,21,31-34,36H,4,8-9,15H2,1-3H3/t21-/m0/s1. The third kappa shape index (κ3) is 5.70. The first-order chi connectivity index (χ1) is 18.1. The maximum absolute atomic E-state index is 13.3. The number of hydrogen-bond acceptors (Lipinski definition) is 8. The van der Waals surface area contributed by atoms with Crippen LogP contribution >= 0.6 is 0 Å². The highest BCUT2D eigenvalue weighted by Gasteiger charge is 2.22. The molecule has 0 aliphatic rings. The van der Waals surface area contributed by atoms with Gasteiger partial charge < -0.3 is 34.7 Å². The van der Waals surface area contributed by atoms with Gasteiger partial charge in [0.25, 0.3) is 0 Å². The molecule has 0 aliphatic heterocycles. The third-order valence-electron chi connectivity index (χ3n) is 6.29. The smallest absolute Gasteiger partial charge is 0.238 e. The van der Waals surface area contributed by atoms with Gasteiger partial charge in [-0.1, -0.05) is 32.9 Å². The molecule has 4 rings (SSSR count). The van der Waals surface area contributed by atoms with Crippen LogP contribution in [0, 0.1) is 5.92 Å². The van der Waals surface area contributed by atoms with Gasteiger partial charge in [0.1, 0.15) is 40.6 Å². The van der Waals surface area contributed by atoms with Gasteiger partial charge in [-0.05, 0) is 59.7 Å². The van der Waals surface area contributed by atoms with Gasteiger partial charge in [-0.25, -0.2) is 0 Å². The first-order valence-corrected chi connectivity index (χ1v) is 12.5. The summed E-state index contributed by atoms with van der Waals surface area (Å²) in [6, 6.07) is 12.5. The zero-order chi connectivity index (χ0) is 27.6. The molecular formula is C30H32O8. The summed E-state index contributed by atoms with van der Waals surface area (Å²) in [5.74, 6) is -0.590. The second-order valence-corrected chi connectivity index (χ2v) is 9.89. The quantitative estimate of drug-likeness (QED) is 0.202. The number of ether oxygens (including phenoxy) is 1. The van der Waals surface area contributed by atoms with E-state index in [2.05, 4.69) is 0 Å². The first-order valence-electron chi connectivity index (χ1n) is 12.5. The first kappa shape index (κ1) is 26.9. The van der Waals surface area contributed by atoms with E-state index < -0.39 is 17.3 Å². The van der Waals surface area contributed by atoms with Crippen molar-refractivity contribution in [1.82, 2.24) is 0 Å². The van der Waals surface area contributed by atoms with Gasteiger partial charge >= 0.3 is 0 Å². The van der Waals surface area contributed by atoms with Gasteiger partial charge in [0, 0.05) is 24.1 Å². The molecule has 1 atom stereocenters. The van der Waals surface area contributed by atoms with Crippen LogP contribution in [0.4, 0.5) is 0 Å². The van der Waals surface area contributed by atoms with E-state index in [4.69, 9.17) is 9.15 Å². The van der Waals surface area contributed by atoms with Crippen molar-refractivity contribution in [3.63, 3.8) is 0 Å². The number of aliphatic hydroxyl groups is 1. The number of hydrogen-bond donors (Lipinski definition) is 5. The minimum Gasteiger partial charge on any atom is -0.508 e. The highest BCUT2D eigenvalue weighted by atomic mass is 16.5. The summed E-state index contributed by atoms with van der Waals surface area (Å²) < 4.78 is 11.5. The number of phenolic OH excluding ortho intramolecular Hbond substituents is 3. The Hall–Kier alpha value is -4.17. The molecule has 0 radical (unpaired) electrons. The topological polar surface area (TPSA) is 141 Å². The van der Waals surface area contributed by atoms with Crippen LogP contribution in [0.3, 0.4) is 0 Å². The molecule has 0 unspecified atom stereocenters. The molecule has 5 N–H and O–H groups in total. The van der Waals surface area contributed by atoms with Gasteiger partial charge in [-0.3, -0.25) is 4.79 Å². The van der Waals surface area contributed by atoms with Crippen molar-refractivity contribution in [1.29, 1.82) is 0 Å². The van der Waals surface area contributed by atoms with Crippen molar-refractivity contribution in [3.8, 4) is 40.1 Å². The van der Waals surface area contributed by atoms with Crippen LogP contribution in [0.1, 0.15) is 43.9 Å². The highest BCUT2D eigenvalue weighted by Crippen LogP contribution is 2.39. The molecule has 8 nitrogen and oxygen atoms in total. The summed E-state index contributed by atoms with van der Waals surface area (Å²) in [7, 11) is 0. The van der Waals surface area contributed by atoms with E-state index in [1.54, 1.807) is 37.3 Å². The Morgan fingerprint density at radius 1 is 0.921 bits per heavy atom. The Labute approximate surface area is 220 Å². The molecule has 0 saturated heterocycles. The molecule has 200 valence electrons. The molecule has 0 amide bonds. The highest BCUT2D eigenvalue weighted by molar-refractivity contribution is 5.88. The average Bonchev–Trinajstić information content (AvgIpc) is 2.86. The summed E-state index contributed by atoms with van der Waals surface area (Å²) in [5.41, 5.74) is 1.52. The lowest BCUT2D eigenvalue weighted by atomic mass is 9.93. The van der Waals surface area contributed by atoms with E-state index in [1.165, 1.54) is 12.1 Å². The van der Waals surface area contributed by atoms with E-state index >= 15 is 0 Å². The van der Waals surface area contributed by atoms with Crippen LogP contribution in [-0.4, -0.2) is 38.2 Å².